The number of ether oxygens (including phenoxy) is 1. The van der Waals surface area contributed by atoms with Crippen LogP contribution in [0.3, 0.4) is 0 Å². The van der Waals surface area contributed by atoms with Crippen LogP contribution in [0.15, 0.2) is 24.3 Å². The maximum atomic E-state index is 12.0. The van der Waals surface area contributed by atoms with Gasteiger partial charge >= 0.3 is 6.09 Å². The molecule has 22 heavy (non-hydrogen) atoms. The van der Waals surface area contributed by atoms with Crippen LogP contribution in [-0.4, -0.2) is 42.8 Å². The molecule has 0 unspecified atom stereocenters. The highest BCUT2D eigenvalue weighted by Crippen LogP contribution is 2.41. The predicted molar refractivity (Wildman–Crippen MR) is 88.5 cm³/mol. The molecule has 4 nitrogen and oxygen atoms in total. The number of nitrogens with zero attached hydrogens (tertiary/aromatic N) is 2. The predicted octanol–water partition coefficient (Wildman–Crippen LogP) is 3.79. The van der Waals surface area contributed by atoms with E-state index in [4.69, 9.17) is 16.3 Å². The number of likely N-dealkylation sites (tertiary alicyclic amines) is 1. The Hall–Kier alpha value is -1.42. The first-order chi connectivity index (χ1) is 10.3. The number of rotatable bonds is 1. The molecule has 0 radical (unpaired) electrons. The molecule has 2 heterocycles. The molecule has 2 aliphatic heterocycles. The van der Waals surface area contributed by atoms with Crippen molar-refractivity contribution in [2.75, 3.05) is 31.1 Å². The monoisotopic (exact) mass is 322 g/mol. The first-order valence-electron chi connectivity index (χ1n) is 7.75. The van der Waals surface area contributed by atoms with Gasteiger partial charge < -0.3 is 14.5 Å². The highest BCUT2D eigenvalue weighted by Gasteiger charge is 2.50. The Kier molecular flexibility index (Phi) is 3.76. The Morgan fingerprint density at radius 3 is 2.41 bits per heavy atom. The fraction of sp³-hybridized carbons (Fsp3) is 0.588. The lowest BCUT2D eigenvalue weighted by atomic mass is 9.79. The molecule has 1 aromatic rings. The van der Waals surface area contributed by atoms with Crippen LogP contribution in [0.25, 0.3) is 0 Å². The number of hydrogen-bond donors (Lipinski definition) is 0. The first-order valence-corrected chi connectivity index (χ1v) is 8.13. The summed E-state index contributed by atoms with van der Waals surface area (Å²) in [5.41, 5.74) is 1.01. The maximum Gasteiger partial charge on any atom is 0.410 e. The standard InChI is InChI=1S/C17H23ClN2O2/c1-16(2,3)22-15(21)20-11-17(12-20)8-9-19(10-17)14-6-4-13(18)5-7-14/h4-7H,8-12H2,1-3H3. The van der Waals surface area contributed by atoms with Gasteiger partial charge in [0.15, 0.2) is 0 Å². The Balaban J connectivity index is 1.56. The van der Waals surface area contributed by atoms with Crippen molar-refractivity contribution in [3.63, 3.8) is 0 Å². The molecule has 0 aromatic heterocycles. The molecular formula is C17H23ClN2O2. The highest BCUT2D eigenvalue weighted by molar-refractivity contribution is 6.30. The second-order valence-electron chi connectivity index (χ2n) is 7.48. The largest absolute Gasteiger partial charge is 0.444 e. The number of hydrogen-bond acceptors (Lipinski definition) is 3. The van der Waals surface area contributed by atoms with Crippen molar-refractivity contribution in [1.29, 1.82) is 0 Å². The van der Waals surface area contributed by atoms with E-state index in [1.54, 1.807) is 0 Å². The summed E-state index contributed by atoms with van der Waals surface area (Å²) < 4.78 is 5.43. The molecule has 3 rings (SSSR count). The second kappa shape index (κ2) is 5.34. The lowest BCUT2D eigenvalue weighted by molar-refractivity contribution is -0.0266. The average Bonchev–Trinajstić information content (AvgIpc) is 2.81. The molecule has 5 heteroatoms. The molecule has 120 valence electrons. The minimum absolute atomic E-state index is 0.192. The van der Waals surface area contributed by atoms with Crippen LogP contribution < -0.4 is 4.90 Å². The lowest BCUT2D eigenvalue weighted by Crippen LogP contribution is -2.60. The van der Waals surface area contributed by atoms with Gasteiger partial charge in [0.2, 0.25) is 0 Å². The smallest absolute Gasteiger partial charge is 0.410 e. The van der Waals surface area contributed by atoms with Gasteiger partial charge in [0.25, 0.3) is 0 Å². The number of amides is 1. The number of anilines is 1. The normalized spacial score (nSPS) is 20.2. The van der Waals surface area contributed by atoms with Gasteiger partial charge in [-0.2, -0.15) is 0 Å². The van der Waals surface area contributed by atoms with E-state index in [0.717, 1.165) is 37.6 Å². The summed E-state index contributed by atoms with van der Waals surface area (Å²) in [5, 5.41) is 0.761. The molecule has 1 spiro atoms. The third-order valence-electron chi connectivity index (χ3n) is 4.33. The fourth-order valence-electron chi connectivity index (χ4n) is 3.28. The molecule has 0 bridgehead atoms. The number of carbonyl (C=O) groups is 1. The van der Waals surface area contributed by atoms with Gasteiger partial charge in [-0.1, -0.05) is 11.6 Å². The zero-order valence-electron chi connectivity index (χ0n) is 13.4. The van der Waals surface area contributed by atoms with E-state index in [1.807, 2.05) is 37.8 Å². The summed E-state index contributed by atoms with van der Waals surface area (Å²) in [6.45, 7) is 9.32. The first kappa shape index (κ1) is 15.5. The third-order valence-corrected chi connectivity index (χ3v) is 4.59. The molecule has 0 saturated carbocycles. The molecule has 1 aromatic carbocycles. The van der Waals surface area contributed by atoms with E-state index < -0.39 is 5.60 Å². The maximum absolute atomic E-state index is 12.0. The number of halogens is 1. The second-order valence-corrected chi connectivity index (χ2v) is 7.92. The van der Waals surface area contributed by atoms with Crippen molar-refractivity contribution in [1.82, 2.24) is 4.90 Å². The van der Waals surface area contributed by atoms with E-state index in [2.05, 4.69) is 17.0 Å². The molecule has 2 aliphatic rings. The summed E-state index contributed by atoms with van der Waals surface area (Å²) in [7, 11) is 0. The van der Waals surface area contributed by atoms with Crippen molar-refractivity contribution in [2.24, 2.45) is 5.41 Å². The van der Waals surface area contributed by atoms with Crippen LogP contribution in [0, 0.1) is 5.41 Å². The van der Waals surface area contributed by atoms with E-state index in [1.165, 1.54) is 5.69 Å². The fourth-order valence-corrected chi connectivity index (χ4v) is 3.41. The van der Waals surface area contributed by atoms with Crippen LogP contribution in [0.2, 0.25) is 5.02 Å². The molecule has 0 aliphatic carbocycles. The van der Waals surface area contributed by atoms with E-state index >= 15 is 0 Å². The van der Waals surface area contributed by atoms with Crippen molar-refractivity contribution in [2.45, 2.75) is 32.8 Å². The molecule has 2 fully saturated rings. The summed E-state index contributed by atoms with van der Waals surface area (Å²) >= 11 is 5.94. The Labute approximate surface area is 137 Å². The zero-order valence-corrected chi connectivity index (χ0v) is 14.2. The molecular weight excluding hydrogens is 300 g/mol. The lowest BCUT2D eigenvalue weighted by Gasteiger charge is -2.47. The SMILES string of the molecule is CC(C)(C)OC(=O)N1CC2(CCN(c3ccc(Cl)cc3)C2)C1. The van der Waals surface area contributed by atoms with Gasteiger partial charge in [-0.15, -0.1) is 0 Å². The quantitative estimate of drug-likeness (QED) is 0.788. The highest BCUT2D eigenvalue weighted by atomic mass is 35.5. The Bertz CT molecular complexity index is 559. The summed E-state index contributed by atoms with van der Waals surface area (Å²) in [6, 6.07) is 7.97. The van der Waals surface area contributed by atoms with Crippen molar-refractivity contribution >= 4 is 23.4 Å². The van der Waals surface area contributed by atoms with E-state index in [9.17, 15) is 4.79 Å². The molecule has 0 N–H and O–H groups in total. The number of carbonyl (C=O) groups excluding carboxylic acids is 1. The minimum Gasteiger partial charge on any atom is -0.444 e. The van der Waals surface area contributed by atoms with Gasteiger partial charge in [-0.25, -0.2) is 4.79 Å². The van der Waals surface area contributed by atoms with Crippen LogP contribution in [0.1, 0.15) is 27.2 Å². The topological polar surface area (TPSA) is 32.8 Å². The third kappa shape index (κ3) is 3.17. The Morgan fingerprint density at radius 2 is 1.82 bits per heavy atom. The van der Waals surface area contributed by atoms with Crippen LogP contribution >= 0.6 is 11.6 Å². The van der Waals surface area contributed by atoms with Crippen molar-refractivity contribution in [3.05, 3.63) is 29.3 Å². The molecule has 2 saturated heterocycles. The zero-order chi connectivity index (χ0) is 16.0. The number of benzene rings is 1. The van der Waals surface area contributed by atoms with Gasteiger partial charge in [0, 0.05) is 42.3 Å². The summed E-state index contributed by atoms with van der Waals surface area (Å²) in [6.07, 6.45) is 0.928. The summed E-state index contributed by atoms with van der Waals surface area (Å²) in [4.78, 5) is 16.2. The minimum atomic E-state index is -0.426. The van der Waals surface area contributed by atoms with Crippen LogP contribution in [0.5, 0.6) is 0 Å². The van der Waals surface area contributed by atoms with Gasteiger partial charge in [0.1, 0.15) is 5.60 Å². The molecule has 0 atom stereocenters. The van der Waals surface area contributed by atoms with Crippen molar-refractivity contribution < 1.29 is 9.53 Å². The molecule has 1 amide bonds. The average molecular weight is 323 g/mol. The van der Waals surface area contributed by atoms with E-state index in [0.29, 0.717) is 0 Å². The van der Waals surface area contributed by atoms with Crippen LogP contribution in [0.4, 0.5) is 10.5 Å². The van der Waals surface area contributed by atoms with Crippen LogP contribution in [-0.2, 0) is 4.74 Å². The van der Waals surface area contributed by atoms with Gasteiger partial charge in [0.05, 0.1) is 0 Å². The van der Waals surface area contributed by atoms with E-state index in [-0.39, 0.29) is 11.5 Å². The van der Waals surface area contributed by atoms with Crippen molar-refractivity contribution in [3.8, 4) is 0 Å². The Morgan fingerprint density at radius 1 is 1.18 bits per heavy atom. The van der Waals surface area contributed by atoms with Gasteiger partial charge in [-0.05, 0) is 51.5 Å². The summed E-state index contributed by atoms with van der Waals surface area (Å²) in [5.74, 6) is 0. The van der Waals surface area contributed by atoms with Gasteiger partial charge in [-0.3, -0.25) is 0 Å².